The first-order valence-corrected chi connectivity index (χ1v) is 11.3. The van der Waals surface area contributed by atoms with Crippen LogP contribution >= 0.6 is 23.1 Å². The summed E-state index contributed by atoms with van der Waals surface area (Å²) in [6.45, 7) is 0.820. The maximum atomic E-state index is 12.0. The van der Waals surface area contributed by atoms with E-state index in [2.05, 4.69) is 65.8 Å². The molecule has 3 nitrogen and oxygen atoms in total. The van der Waals surface area contributed by atoms with Gasteiger partial charge in [0.15, 0.2) is 0 Å². The molecule has 5 heteroatoms. The molecule has 4 rings (SSSR count). The van der Waals surface area contributed by atoms with E-state index >= 15 is 0 Å². The molecule has 0 saturated carbocycles. The highest BCUT2D eigenvalue weighted by molar-refractivity contribution is 7.98. The van der Waals surface area contributed by atoms with E-state index < -0.39 is 12.0 Å². The van der Waals surface area contributed by atoms with Crippen molar-refractivity contribution in [2.45, 2.75) is 36.2 Å². The van der Waals surface area contributed by atoms with Crippen molar-refractivity contribution in [1.29, 1.82) is 0 Å². The molecule has 2 heterocycles. The van der Waals surface area contributed by atoms with Gasteiger partial charge in [0.2, 0.25) is 0 Å². The Morgan fingerprint density at radius 2 is 1.96 bits per heavy atom. The molecule has 1 N–H and O–H groups in total. The predicted octanol–water partition coefficient (Wildman–Crippen LogP) is 5.65. The highest BCUT2D eigenvalue weighted by Crippen LogP contribution is 2.40. The van der Waals surface area contributed by atoms with Gasteiger partial charge in [-0.05, 0) is 60.9 Å². The molecule has 2 aromatic carbocycles. The van der Waals surface area contributed by atoms with Crippen molar-refractivity contribution < 1.29 is 9.90 Å². The van der Waals surface area contributed by atoms with E-state index in [1.807, 2.05) is 0 Å². The first-order chi connectivity index (χ1) is 13.2. The van der Waals surface area contributed by atoms with Crippen LogP contribution in [0.3, 0.4) is 0 Å². The Hall–Kier alpha value is -1.82. The summed E-state index contributed by atoms with van der Waals surface area (Å²) in [5.41, 5.74) is 1.17. The average Bonchev–Trinajstić information content (AvgIpc) is 3.12. The fourth-order valence-corrected chi connectivity index (χ4v) is 5.59. The molecule has 0 aliphatic carbocycles. The van der Waals surface area contributed by atoms with E-state index in [4.69, 9.17) is 0 Å². The SMILES string of the molecule is CSc1ccc(C(c2cc3ccccc3s2)N2CCCCC2C(=O)O)cc1. The lowest BCUT2D eigenvalue weighted by Crippen LogP contribution is -2.46. The summed E-state index contributed by atoms with van der Waals surface area (Å²) in [6, 6.07) is 18.8. The monoisotopic (exact) mass is 397 g/mol. The zero-order valence-electron chi connectivity index (χ0n) is 15.3. The van der Waals surface area contributed by atoms with Gasteiger partial charge < -0.3 is 5.11 Å². The highest BCUT2D eigenvalue weighted by Gasteiger charge is 2.35. The van der Waals surface area contributed by atoms with Crippen LogP contribution in [-0.4, -0.2) is 34.8 Å². The van der Waals surface area contributed by atoms with Crippen LogP contribution < -0.4 is 0 Å². The number of aliphatic carboxylic acids is 1. The predicted molar refractivity (Wildman–Crippen MR) is 114 cm³/mol. The summed E-state index contributed by atoms with van der Waals surface area (Å²) in [4.78, 5) is 16.6. The Balaban J connectivity index is 1.81. The van der Waals surface area contributed by atoms with Crippen LogP contribution in [-0.2, 0) is 4.79 Å². The fourth-order valence-electron chi connectivity index (χ4n) is 3.97. The van der Waals surface area contributed by atoms with Crippen molar-refractivity contribution in [2.24, 2.45) is 0 Å². The van der Waals surface area contributed by atoms with Gasteiger partial charge in [0.05, 0.1) is 6.04 Å². The summed E-state index contributed by atoms with van der Waals surface area (Å²) >= 11 is 3.50. The minimum atomic E-state index is -0.707. The highest BCUT2D eigenvalue weighted by atomic mass is 32.2. The van der Waals surface area contributed by atoms with Gasteiger partial charge in [0.25, 0.3) is 0 Å². The maximum absolute atomic E-state index is 12.0. The van der Waals surface area contributed by atoms with Crippen LogP contribution in [0.5, 0.6) is 0 Å². The maximum Gasteiger partial charge on any atom is 0.320 e. The lowest BCUT2D eigenvalue weighted by Gasteiger charge is -2.39. The molecule has 0 radical (unpaired) electrons. The van der Waals surface area contributed by atoms with Gasteiger partial charge in [0.1, 0.15) is 6.04 Å². The second kappa shape index (κ2) is 8.05. The van der Waals surface area contributed by atoms with Crippen LogP contribution in [0.1, 0.15) is 35.7 Å². The molecular formula is C22H23NO2S2. The van der Waals surface area contributed by atoms with E-state index in [9.17, 15) is 9.90 Å². The van der Waals surface area contributed by atoms with E-state index in [1.54, 1.807) is 23.1 Å². The number of rotatable bonds is 5. The van der Waals surface area contributed by atoms with Crippen LogP contribution in [0.25, 0.3) is 10.1 Å². The third-order valence-corrected chi connectivity index (χ3v) is 7.22. The zero-order chi connectivity index (χ0) is 18.8. The standard InChI is InChI=1S/C22H23NO2S2/c1-26-17-11-9-15(10-12-17)21(23-13-5-4-7-18(23)22(24)25)20-14-16-6-2-3-8-19(16)27-20/h2-3,6,8-12,14,18,21H,4-5,7,13H2,1H3,(H,24,25). The molecule has 1 fully saturated rings. The lowest BCUT2D eigenvalue weighted by molar-refractivity contribution is -0.145. The number of thioether (sulfide) groups is 1. The fraction of sp³-hybridized carbons (Fsp3) is 0.318. The van der Waals surface area contributed by atoms with E-state index in [-0.39, 0.29) is 6.04 Å². The van der Waals surface area contributed by atoms with Crippen molar-refractivity contribution in [3.05, 3.63) is 65.0 Å². The molecule has 1 aliphatic rings. The molecule has 0 bridgehead atoms. The largest absolute Gasteiger partial charge is 0.480 e. The van der Waals surface area contributed by atoms with E-state index in [1.165, 1.54) is 25.4 Å². The van der Waals surface area contributed by atoms with Gasteiger partial charge >= 0.3 is 5.97 Å². The number of carbonyl (C=O) groups is 1. The molecule has 1 saturated heterocycles. The molecule has 2 unspecified atom stereocenters. The van der Waals surface area contributed by atoms with Gasteiger partial charge in [-0.1, -0.05) is 36.8 Å². The third kappa shape index (κ3) is 3.77. The Bertz CT molecular complexity index is 902. The number of nitrogens with zero attached hydrogens (tertiary/aromatic N) is 1. The lowest BCUT2D eigenvalue weighted by atomic mass is 9.95. The third-order valence-electron chi connectivity index (χ3n) is 5.31. The van der Waals surface area contributed by atoms with Crippen molar-refractivity contribution in [1.82, 2.24) is 4.90 Å². The molecule has 1 aromatic heterocycles. The zero-order valence-corrected chi connectivity index (χ0v) is 16.9. The molecule has 140 valence electrons. The number of likely N-dealkylation sites (tertiary alicyclic amines) is 1. The Labute approximate surface area is 168 Å². The van der Waals surface area contributed by atoms with Gasteiger partial charge in [-0.3, -0.25) is 9.69 Å². The van der Waals surface area contributed by atoms with Gasteiger partial charge in [-0.25, -0.2) is 0 Å². The van der Waals surface area contributed by atoms with Crippen molar-refractivity contribution in [3.63, 3.8) is 0 Å². The Kier molecular flexibility index (Phi) is 5.53. The minimum Gasteiger partial charge on any atom is -0.480 e. The van der Waals surface area contributed by atoms with Gasteiger partial charge in [-0.15, -0.1) is 23.1 Å². The molecule has 2 atom stereocenters. The van der Waals surface area contributed by atoms with Gasteiger partial charge in [-0.2, -0.15) is 0 Å². The van der Waals surface area contributed by atoms with Crippen molar-refractivity contribution >= 4 is 39.2 Å². The molecule has 1 aliphatic heterocycles. The number of benzene rings is 2. The minimum absolute atomic E-state index is 0.0142. The molecule has 0 amide bonds. The molecule has 0 spiro atoms. The number of piperidine rings is 1. The summed E-state index contributed by atoms with van der Waals surface area (Å²) in [5.74, 6) is -0.707. The topological polar surface area (TPSA) is 40.5 Å². The average molecular weight is 398 g/mol. The summed E-state index contributed by atoms with van der Waals surface area (Å²) in [7, 11) is 0. The van der Waals surface area contributed by atoms with E-state index in [0.29, 0.717) is 0 Å². The Morgan fingerprint density at radius 3 is 2.67 bits per heavy atom. The number of carboxylic acids is 1. The first-order valence-electron chi connectivity index (χ1n) is 9.28. The summed E-state index contributed by atoms with van der Waals surface area (Å²) in [5, 5.41) is 11.1. The Morgan fingerprint density at radius 1 is 1.19 bits per heavy atom. The number of thiophene rings is 1. The molecule has 27 heavy (non-hydrogen) atoms. The molecule has 3 aromatic rings. The smallest absolute Gasteiger partial charge is 0.320 e. The van der Waals surface area contributed by atoms with E-state index in [0.717, 1.165) is 25.8 Å². The van der Waals surface area contributed by atoms with Crippen molar-refractivity contribution in [3.8, 4) is 0 Å². The van der Waals surface area contributed by atoms with Gasteiger partial charge in [0, 0.05) is 14.5 Å². The number of hydrogen-bond donors (Lipinski definition) is 1. The number of fused-ring (bicyclic) bond motifs is 1. The second-order valence-corrected chi connectivity index (χ2v) is 8.94. The van der Waals surface area contributed by atoms with Crippen LogP contribution in [0.2, 0.25) is 0 Å². The number of carboxylic acid groups (broad SMARTS) is 1. The summed E-state index contributed by atoms with van der Waals surface area (Å²) < 4.78 is 1.25. The first kappa shape index (κ1) is 18.5. The van der Waals surface area contributed by atoms with Crippen LogP contribution in [0.4, 0.5) is 0 Å². The second-order valence-electron chi connectivity index (χ2n) is 6.95. The van der Waals surface area contributed by atoms with Crippen LogP contribution in [0.15, 0.2) is 59.5 Å². The normalized spacial score (nSPS) is 19.2. The summed E-state index contributed by atoms with van der Waals surface area (Å²) in [6.07, 6.45) is 4.83. The quantitative estimate of drug-likeness (QED) is 0.565. The molecular weight excluding hydrogens is 374 g/mol. The van der Waals surface area contributed by atoms with Crippen LogP contribution in [0, 0.1) is 0 Å². The number of hydrogen-bond acceptors (Lipinski definition) is 4. The van der Waals surface area contributed by atoms with Crippen molar-refractivity contribution in [2.75, 3.05) is 12.8 Å².